The van der Waals surface area contributed by atoms with Crippen molar-refractivity contribution in [3.63, 3.8) is 0 Å². The zero-order chi connectivity index (χ0) is 28.2. The molecule has 40 heavy (non-hydrogen) atoms. The summed E-state index contributed by atoms with van der Waals surface area (Å²) in [5.74, 6) is 2.50. The molecule has 1 saturated heterocycles. The molecule has 4 aromatic rings. The number of benzene rings is 2. The molecule has 3 heterocycles. The standard InChI is InChI=1S/C28H34ClN9OS/c1-6-40-37(4)26-21(8-7-20-25(26)31-10-9-30-20)33-27-19(29)17-32-28(35-27)34-22-15-18(2)23(16-24(22)39-5)38-13-11-36(3)12-14-38/h7-10,15-17H,6,11-14H2,1-5H3,(H2,32,33,34,35). The number of ether oxygens (including phenoxy) is 1. The number of fused-ring (bicyclic) bond motifs is 1. The zero-order valence-electron chi connectivity index (χ0n) is 23.4. The van der Waals surface area contributed by atoms with E-state index < -0.39 is 0 Å². The van der Waals surface area contributed by atoms with Crippen LogP contribution in [0.5, 0.6) is 5.75 Å². The Balaban J connectivity index is 1.44. The van der Waals surface area contributed by atoms with E-state index in [1.807, 2.05) is 19.2 Å². The van der Waals surface area contributed by atoms with Crippen LogP contribution in [0.15, 0.2) is 42.9 Å². The summed E-state index contributed by atoms with van der Waals surface area (Å²) in [6.07, 6.45) is 4.98. The number of methoxy groups -OCH3 is 1. The van der Waals surface area contributed by atoms with E-state index in [0.29, 0.717) is 16.8 Å². The van der Waals surface area contributed by atoms with Crippen molar-refractivity contribution in [1.82, 2.24) is 24.8 Å². The van der Waals surface area contributed by atoms with Crippen LogP contribution < -0.4 is 24.6 Å². The number of anilines is 6. The van der Waals surface area contributed by atoms with Crippen molar-refractivity contribution in [2.24, 2.45) is 0 Å². The van der Waals surface area contributed by atoms with Gasteiger partial charge in [-0.3, -0.25) is 9.97 Å². The Morgan fingerprint density at radius 3 is 2.58 bits per heavy atom. The lowest BCUT2D eigenvalue weighted by Crippen LogP contribution is -2.44. The molecule has 5 rings (SSSR count). The molecule has 0 amide bonds. The lowest BCUT2D eigenvalue weighted by Gasteiger charge is -2.35. The molecule has 0 bridgehead atoms. The number of aryl methyl sites for hydroxylation is 1. The van der Waals surface area contributed by atoms with Crippen LogP contribution in [0.2, 0.25) is 5.02 Å². The molecule has 0 aliphatic carbocycles. The van der Waals surface area contributed by atoms with Crippen LogP contribution in [0, 0.1) is 6.92 Å². The lowest BCUT2D eigenvalue weighted by atomic mass is 10.1. The Morgan fingerprint density at radius 1 is 1.05 bits per heavy atom. The topological polar surface area (TPSA) is 94.6 Å². The average Bonchev–Trinajstić information content (AvgIpc) is 2.95. The predicted octanol–water partition coefficient (Wildman–Crippen LogP) is 5.73. The van der Waals surface area contributed by atoms with Crippen LogP contribution in [0.4, 0.5) is 34.5 Å². The van der Waals surface area contributed by atoms with Gasteiger partial charge >= 0.3 is 0 Å². The molecule has 1 aliphatic heterocycles. The summed E-state index contributed by atoms with van der Waals surface area (Å²) in [5, 5.41) is 7.14. The van der Waals surface area contributed by atoms with Crippen LogP contribution in [0.3, 0.4) is 0 Å². The van der Waals surface area contributed by atoms with Gasteiger partial charge in [-0.15, -0.1) is 0 Å². The van der Waals surface area contributed by atoms with Crippen molar-refractivity contribution in [2.45, 2.75) is 13.8 Å². The number of aromatic nitrogens is 4. The van der Waals surface area contributed by atoms with Crippen molar-refractivity contribution in [3.8, 4) is 5.75 Å². The molecule has 0 unspecified atom stereocenters. The minimum absolute atomic E-state index is 0.398. The molecule has 10 nitrogen and oxygen atoms in total. The normalized spacial score (nSPS) is 13.9. The highest BCUT2D eigenvalue weighted by molar-refractivity contribution is 8.00. The van der Waals surface area contributed by atoms with Gasteiger partial charge in [0.25, 0.3) is 0 Å². The Kier molecular flexibility index (Phi) is 8.63. The fourth-order valence-electron chi connectivity index (χ4n) is 4.79. The van der Waals surface area contributed by atoms with Gasteiger partial charge in [0.2, 0.25) is 5.95 Å². The summed E-state index contributed by atoms with van der Waals surface area (Å²) in [7, 11) is 5.84. The van der Waals surface area contributed by atoms with E-state index in [1.54, 1.807) is 37.6 Å². The fourth-order valence-corrected chi connectivity index (χ4v) is 5.63. The van der Waals surface area contributed by atoms with E-state index in [4.69, 9.17) is 21.3 Å². The first-order chi connectivity index (χ1) is 19.4. The summed E-state index contributed by atoms with van der Waals surface area (Å²) < 4.78 is 7.85. The van der Waals surface area contributed by atoms with Gasteiger partial charge in [0.05, 0.1) is 35.9 Å². The molecule has 2 aromatic carbocycles. The van der Waals surface area contributed by atoms with Crippen molar-refractivity contribution >= 4 is 69.1 Å². The van der Waals surface area contributed by atoms with Crippen molar-refractivity contribution < 1.29 is 4.74 Å². The molecule has 1 fully saturated rings. The Morgan fingerprint density at radius 2 is 1.82 bits per heavy atom. The van der Waals surface area contributed by atoms with Gasteiger partial charge in [-0.2, -0.15) is 4.98 Å². The van der Waals surface area contributed by atoms with Crippen LogP contribution >= 0.6 is 23.5 Å². The van der Waals surface area contributed by atoms with Crippen LogP contribution in [0.1, 0.15) is 12.5 Å². The molecular formula is C28H34ClN9OS. The molecule has 12 heteroatoms. The second-order valence-electron chi connectivity index (χ2n) is 9.57. The fraction of sp³-hybridized carbons (Fsp3) is 0.357. The maximum absolute atomic E-state index is 6.57. The third-order valence-corrected chi connectivity index (χ3v) is 7.96. The Bertz CT molecular complexity index is 1500. The molecule has 0 spiro atoms. The van der Waals surface area contributed by atoms with Gasteiger partial charge in [-0.1, -0.05) is 30.5 Å². The maximum atomic E-state index is 6.57. The summed E-state index contributed by atoms with van der Waals surface area (Å²) in [5.41, 5.74) is 6.43. The lowest BCUT2D eigenvalue weighted by molar-refractivity contribution is 0.312. The van der Waals surface area contributed by atoms with E-state index in [2.05, 4.69) is 72.7 Å². The molecule has 1 aliphatic rings. The van der Waals surface area contributed by atoms with E-state index in [-0.39, 0.29) is 0 Å². The third-order valence-electron chi connectivity index (χ3n) is 6.86. The monoisotopic (exact) mass is 579 g/mol. The van der Waals surface area contributed by atoms with E-state index in [9.17, 15) is 0 Å². The highest BCUT2D eigenvalue weighted by Gasteiger charge is 2.20. The van der Waals surface area contributed by atoms with Crippen LogP contribution in [-0.4, -0.2) is 78.0 Å². The van der Waals surface area contributed by atoms with Crippen LogP contribution in [-0.2, 0) is 0 Å². The molecule has 2 N–H and O–H groups in total. The van der Waals surface area contributed by atoms with Crippen molar-refractivity contribution in [3.05, 3.63) is 53.4 Å². The summed E-state index contributed by atoms with van der Waals surface area (Å²) in [4.78, 5) is 23.0. The molecule has 0 atom stereocenters. The molecule has 0 radical (unpaired) electrons. The largest absolute Gasteiger partial charge is 0.494 e. The van der Waals surface area contributed by atoms with Gasteiger partial charge < -0.3 is 29.5 Å². The van der Waals surface area contributed by atoms with Gasteiger partial charge in [0.1, 0.15) is 16.3 Å². The number of piperazine rings is 1. The number of halogens is 1. The van der Waals surface area contributed by atoms with Gasteiger partial charge in [-0.25, -0.2) is 4.98 Å². The van der Waals surface area contributed by atoms with Crippen LogP contribution in [0.25, 0.3) is 11.0 Å². The van der Waals surface area contributed by atoms with Gasteiger partial charge in [0, 0.05) is 63.1 Å². The number of hydrogen-bond donors (Lipinski definition) is 2. The number of nitrogens with one attached hydrogen (secondary N) is 2. The summed E-state index contributed by atoms with van der Waals surface area (Å²) in [6.45, 7) is 8.26. The van der Waals surface area contributed by atoms with Gasteiger partial charge in [-0.05, 0) is 37.7 Å². The first-order valence-electron chi connectivity index (χ1n) is 13.2. The number of likely N-dealkylation sites (N-methyl/N-ethyl adjacent to an activating group) is 1. The highest BCUT2D eigenvalue weighted by atomic mass is 35.5. The Labute approximate surface area is 244 Å². The maximum Gasteiger partial charge on any atom is 0.229 e. The predicted molar refractivity (Wildman–Crippen MR) is 167 cm³/mol. The second-order valence-corrected chi connectivity index (χ2v) is 11.4. The minimum Gasteiger partial charge on any atom is -0.494 e. The van der Waals surface area contributed by atoms with E-state index in [1.165, 1.54) is 5.69 Å². The quantitative estimate of drug-likeness (QED) is 0.238. The molecular weight excluding hydrogens is 546 g/mol. The van der Waals surface area contributed by atoms with Gasteiger partial charge in [0.15, 0.2) is 5.82 Å². The molecule has 2 aromatic heterocycles. The third kappa shape index (κ3) is 5.96. The minimum atomic E-state index is 0.398. The number of nitrogens with zero attached hydrogens (tertiary/aromatic N) is 7. The summed E-state index contributed by atoms with van der Waals surface area (Å²) in [6, 6.07) is 8.06. The zero-order valence-corrected chi connectivity index (χ0v) is 25.0. The van der Waals surface area contributed by atoms with Crippen molar-refractivity contribution in [1.29, 1.82) is 0 Å². The highest BCUT2D eigenvalue weighted by Crippen LogP contribution is 2.39. The number of hydrogen-bond acceptors (Lipinski definition) is 11. The first kappa shape index (κ1) is 28.0. The SMILES string of the molecule is CCSN(C)c1c(Nc2nc(Nc3cc(C)c(N4CCN(C)CC4)cc3OC)ncc2Cl)ccc2nccnc12. The van der Waals surface area contributed by atoms with E-state index >= 15 is 0 Å². The average molecular weight is 580 g/mol. The van der Waals surface area contributed by atoms with Crippen molar-refractivity contribution in [2.75, 3.05) is 73.0 Å². The molecule has 210 valence electrons. The Hall–Kier alpha value is -3.54. The first-order valence-corrected chi connectivity index (χ1v) is 14.5. The van der Waals surface area contributed by atoms with E-state index in [0.717, 1.165) is 71.3 Å². The smallest absolute Gasteiger partial charge is 0.229 e. The summed E-state index contributed by atoms with van der Waals surface area (Å²) >= 11 is 8.24. The second kappa shape index (κ2) is 12.3. The number of rotatable bonds is 9. The molecule has 0 saturated carbocycles.